The van der Waals surface area contributed by atoms with Gasteiger partial charge in [-0.1, -0.05) is 23.7 Å². The largest absolute Gasteiger partial charge is 0.489 e. The van der Waals surface area contributed by atoms with Crippen LogP contribution in [0.5, 0.6) is 11.6 Å². The summed E-state index contributed by atoms with van der Waals surface area (Å²) in [5.74, 6) is 0.877. The van der Waals surface area contributed by atoms with E-state index in [9.17, 15) is 5.26 Å². The van der Waals surface area contributed by atoms with E-state index in [-0.39, 0.29) is 11.8 Å². The van der Waals surface area contributed by atoms with Gasteiger partial charge in [0.25, 0.3) is 0 Å². The van der Waals surface area contributed by atoms with Crippen molar-refractivity contribution in [1.82, 2.24) is 10.2 Å². The Morgan fingerprint density at radius 2 is 1.93 bits per heavy atom. The van der Waals surface area contributed by atoms with Crippen molar-refractivity contribution in [3.8, 4) is 17.7 Å². The summed E-state index contributed by atoms with van der Waals surface area (Å²) in [5.41, 5.74) is 12.3. The second kappa shape index (κ2) is 7.77. The standard InChI is InChI=1S/C23H21ClN4O2/c1-12-8-13(2)18(9-15(12)11-29-17-6-4-16(24)5-7-17)21-19(10-25)22(26)30-23-20(21)14(3)27-28-23/h4-9,21H,11,26H2,1-3H3,(H,27,28). The fraction of sp³-hybridized carbons (Fsp3) is 0.217. The number of halogens is 1. The Labute approximate surface area is 179 Å². The molecule has 0 aliphatic carbocycles. The Balaban J connectivity index is 1.75. The smallest absolute Gasteiger partial charge is 0.244 e. The monoisotopic (exact) mass is 420 g/mol. The van der Waals surface area contributed by atoms with Crippen LogP contribution in [0, 0.1) is 32.1 Å². The van der Waals surface area contributed by atoms with Gasteiger partial charge in [0.1, 0.15) is 24.0 Å². The molecule has 4 rings (SSSR count). The molecular formula is C23H21ClN4O2. The van der Waals surface area contributed by atoms with Gasteiger partial charge in [-0.25, -0.2) is 0 Å². The molecule has 152 valence electrons. The van der Waals surface area contributed by atoms with Crippen molar-refractivity contribution < 1.29 is 9.47 Å². The summed E-state index contributed by atoms with van der Waals surface area (Å²) in [6, 6.07) is 13.7. The van der Waals surface area contributed by atoms with Crippen LogP contribution in [0.25, 0.3) is 0 Å². The maximum absolute atomic E-state index is 9.80. The molecule has 0 fully saturated rings. The number of benzene rings is 2. The molecule has 30 heavy (non-hydrogen) atoms. The maximum atomic E-state index is 9.80. The number of hydrogen-bond acceptors (Lipinski definition) is 5. The van der Waals surface area contributed by atoms with Crippen LogP contribution in [0.3, 0.4) is 0 Å². The van der Waals surface area contributed by atoms with Crippen molar-refractivity contribution >= 4 is 11.6 Å². The second-order valence-electron chi connectivity index (χ2n) is 7.37. The van der Waals surface area contributed by atoms with Crippen LogP contribution in [0.1, 0.15) is 39.4 Å². The fourth-order valence-corrected chi connectivity index (χ4v) is 3.91. The summed E-state index contributed by atoms with van der Waals surface area (Å²) in [6.45, 7) is 6.38. The fourth-order valence-electron chi connectivity index (χ4n) is 3.78. The number of nitrogens with two attached hydrogens (primary N) is 1. The number of nitrogens with one attached hydrogen (secondary N) is 1. The van der Waals surface area contributed by atoms with Crippen LogP contribution in [0.2, 0.25) is 5.02 Å². The van der Waals surface area contributed by atoms with Crippen molar-refractivity contribution in [3.05, 3.63) is 86.4 Å². The first-order valence-electron chi connectivity index (χ1n) is 9.50. The topological polar surface area (TPSA) is 97.0 Å². The van der Waals surface area contributed by atoms with Crippen LogP contribution < -0.4 is 15.2 Å². The zero-order valence-electron chi connectivity index (χ0n) is 16.9. The zero-order valence-corrected chi connectivity index (χ0v) is 17.7. The number of nitrogens with zero attached hydrogens (tertiary/aromatic N) is 2. The van der Waals surface area contributed by atoms with Gasteiger partial charge in [0.2, 0.25) is 11.8 Å². The molecule has 1 aliphatic heterocycles. The van der Waals surface area contributed by atoms with Crippen molar-refractivity contribution in [1.29, 1.82) is 5.26 Å². The molecule has 3 aromatic rings. The third kappa shape index (κ3) is 3.49. The number of ether oxygens (including phenoxy) is 2. The molecule has 6 nitrogen and oxygen atoms in total. The minimum absolute atomic E-state index is 0.0837. The van der Waals surface area contributed by atoms with E-state index in [0.717, 1.165) is 39.3 Å². The first-order chi connectivity index (χ1) is 14.4. The van der Waals surface area contributed by atoms with E-state index < -0.39 is 0 Å². The van der Waals surface area contributed by atoms with E-state index in [1.807, 2.05) is 32.9 Å². The highest BCUT2D eigenvalue weighted by Gasteiger charge is 2.35. The Morgan fingerprint density at radius 1 is 1.20 bits per heavy atom. The van der Waals surface area contributed by atoms with Crippen LogP contribution in [0.4, 0.5) is 0 Å². The van der Waals surface area contributed by atoms with Crippen molar-refractivity contribution in [2.45, 2.75) is 33.3 Å². The quantitative estimate of drug-likeness (QED) is 0.632. The Morgan fingerprint density at radius 3 is 2.63 bits per heavy atom. The molecule has 1 unspecified atom stereocenters. The third-order valence-electron chi connectivity index (χ3n) is 5.37. The van der Waals surface area contributed by atoms with Crippen LogP contribution >= 0.6 is 11.6 Å². The van der Waals surface area contributed by atoms with Gasteiger partial charge in [-0.05, 0) is 67.3 Å². The zero-order chi connectivity index (χ0) is 21.4. The van der Waals surface area contributed by atoms with E-state index in [4.69, 9.17) is 26.8 Å². The number of rotatable bonds is 4. The molecule has 0 saturated carbocycles. The summed E-state index contributed by atoms with van der Waals surface area (Å²) in [6.07, 6.45) is 0. The molecular weight excluding hydrogens is 400 g/mol. The Hall–Kier alpha value is -3.43. The summed E-state index contributed by atoms with van der Waals surface area (Å²) in [7, 11) is 0. The maximum Gasteiger partial charge on any atom is 0.244 e. The minimum atomic E-state index is -0.354. The van der Waals surface area contributed by atoms with Gasteiger partial charge in [0, 0.05) is 16.3 Å². The number of aromatic amines is 1. The molecule has 1 atom stereocenters. The van der Waals surface area contributed by atoms with Crippen LogP contribution in [-0.4, -0.2) is 10.2 Å². The van der Waals surface area contributed by atoms with Gasteiger partial charge in [-0.3, -0.25) is 5.10 Å². The van der Waals surface area contributed by atoms with Crippen LogP contribution in [0.15, 0.2) is 47.9 Å². The molecule has 2 aromatic carbocycles. The SMILES string of the molecule is Cc1cc(C)c(C2C(C#N)=C(N)Oc3n[nH]c(C)c32)cc1COc1ccc(Cl)cc1. The summed E-state index contributed by atoms with van der Waals surface area (Å²) in [5, 5.41) is 17.6. The molecule has 0 bridgehead atoms. The van der Waals surface area contributed by atoms with E-state index in [0.29, 0.717) is 23.1 Å². The van der Waals surface area contributed by atoms with Gasteiger partial charge in [0.15, 0.2) is 0 Å². The Bertz CT molecular complexity index is 1190. The number of hydrogen-bond donors (Lipinski definition) is 2. The van der Waals surface area contributed by atoms with Gasteiger partial charge in [0.05, 0.1) is 5.92 Å². The van der Waals surface area contributed by atoms with Crippen molar-refractivity contribution in [3.63, 3.8) is 0 Å². The van der Waals surface area contributed by atoms with Gasteiger partial charge in [-0.15, -0.1) is 5.10 Å². The molecule has 0 radical (unpaired) electrons. The first kappa shape index (κ1) is 19.9. The number of fused-ring (bicyclic) bond motifs is 1. The highest BCUT2D eigenvalue weighted by atomic mass is 35.5. The van der Waals surface area contributed by atoms with Gasteiger partial charge in [-0.2, -0.15) is 5.26 Å². The lowest BCUT2D eigenvalue weighted by molar-refractivity contribution is 0.305. The van der Waals surface area contributed by atoms with Gasteiger partial charge < -0.3 is 15.2 Å². The van der Waals surface area contributed by atoms with Gasteiger partial charge >= 0.3 is 0 Å². The molecule has 3 N–H and O–H groups in total. The van der Waals surface area contributed by atoms with Crippen molar-refractivity contribution in [2.24, 2.45) is 5.73 Å². The number of allylic oxidation sites excluding steroid dienone is 1. The van der Waals surface area contributed by atoms with E-state index in [1.54, 1.807) is 12.1 Å². The molecule has 7 heteroatoms. The molecule has 1 aliphatic rings. The first-order valence-corrected chi connectivity index (χ1v) is 9.87. The molecule has 0 spiro atoms. The minimum Gasteiger partial charge on any atom is -0.489 e. The number of aromatic nitrogens is 2. The number of H-pyrrole nitrogens is 1. The van der Waals surface area contributed by atoms with E-state index in [1.165, 1.54) is 0 Å². The lowest BCUT2D eigenvalue weighted by Crippen LogP contribution is -2.21. The lowest BCUT2D eigenvalue weighted by Gasteiger charge is -2.26. The summed E-state index contributed by atoms with van der Waals surface area (Å²) in [4.78, 5) is 0. The highest BCUT2D eigenvalue weighted by molar-refractivity contribution is 6.30. The Kier molecular flexibility index (Phi) is 5.15. The lowest BCUT2D eigenvalue weighted by atomic mass is 9.81. The molecule has 0 amide bonds. The molecule has 1 aromatic heterocycles. The molecule has 0 saturated heterocycles. The molecule has 2 heterocycles. The van der Waals surface area contributed by atoms with E-state index >= 15 is 0 Å². The summed E-state index contributed by atoms with van der Waals surface area (Å²) >= 11 is 5.95. The average Bonchev–Trinajstić information content (AvgIpc) is 3.08. The highest BCUT2D eigenvalue weighted by Crippen LogP contribution is 2.44. The predicted octanol–water partition coefficient (Wildman–Crippen LogP) is 4.79. The normalized spacial score (nSPS) is 15.4. The average molecular weight is 421 g/mol. The summed E-state index contributed by atoms with van der Waals surface area (Å²) < 4.78 is 11.5. The second-order valence-corrected chi connectivity index (χ2v) is 7.81. The van der Waals surface area contributed by atoms with Crippen molar-refractivity contribution in [2.75, 3.05) is 0 Å². The predicted molar refractivity (Wildman–Crippen MR) is 114 cm³/mol. The number of aryl methyl sites for hydroxylation is 3. The number of nitriles is 1. The van der Waals surface area contributed by atoms with Crippen LogP contribution in [-0.2, 0) is 6.61 Å². The third-order valence-corrected chi connectivity index (χ3v) is 5.63. The van der Waals surface area contributed by atoms with E-state index in [2.05, 4.69) is 28.4 Å².